The van der Waals surface area contributed by atoms with Crippen molar-refractivity contribution >= 4 is 33.4 Å². The van der Waals surface area contributed by atoms with Crippen LogP contribution in [0.25, 0.3) is 32.9 Å². The molecule has 0 saturated heterocycles. The molecule has 7 nitrogen and oxygen atoms in total. The van der Waals surface area contributed by atoms with E-state index in [1.54, 1.807) is 47.3 Å². The van der Waals surface area contributed by atoms with Gasteiger partial charge in [0.15, 0.2) is 0 Å². The van der Waals surface area contributed by atoms with E-state index in [1.165, 1.54) is 12.4 Å². The number of fused-ring (bicyclic) bond motifs is 2. The molecule has 1 amide bonds. The molecule has 3 heterocycles. The molecule has 0 aliphatic rings. The van der Waals surface area contributed by atoms with E-state index in [-0.39, 0.29) is 5.91 Å². The molecule has 5 rings (SSSR count). The second kappa shape index (κ2) is 7.73. The van der Waals surface area contributed by atoms with Crippen molar-refractivity contribution in [2.75, 3.05) is 5.32 Å². The van der Waals surface area contributed by atoms with Gasteiger partial charge in [-0.2, -0.15) is 23.4 Å². The van der Waals surface area contributed by atoms with Crippen LogP contribution < -0.4 is 5.32 Å². The lowest BCUT2D eigenvalue weighted by Gasteiger charge is -2.10. The van der Waals surface area contributed by atoms with Crippen LogP contribution in [-0.2, 0) is 13.6 Å². The number of anilines is 1. The first-order valence-electron chi connectivity index (χ1n) is 9.99. The maximum Gasteiger partial charge on any atom is 0.408 e. The standard InChI is InChI=1S/C23H17F3N6O/c1-31-11-15-6-5-14(9-20(15)30-31)22(33)29-19-4-2-3-18-17(7-8-27-21(18)19)16-10-28-32(12-16)13-23(24,25)26/h2-12H,13H2,1H3,(H,29,33). The van der Waals surface area contributed by atoms with Crippen LogP contribution >= 0.6 is 0 Å². The minimum atomic E-state index is -4.36. The molecule has 5 aromatic rings. The number of carbonyl (C=O) groups is 1. The molecule has 0 radical (unpaired) electrons. The van der Waals surface area contributed by atoms with E-state index in [0.717, 1.165) is 10.1 Å². The Morgan fingerprint density at radius 1 is 1.12 bits per heavy atom. The van der Waals surface area contributed by atoms with Gasteiger partial charge in [0.25, 0.3) is 5.91 Å². The number of halogens is 3. The van der Waals surface area contributed by atoms with Gasteiger partial charge in [0.05, 0.1) is 22.9 Å². The molecule has 0 atom stereocenters. The van der Waals surface area contributed by atoms with Crippen LogP contribution in [0, 0.1) is 0 Å². The number of benzene rings is 2. The van der Waals surface area contributed by atoms with Gasteiger partial charge in [0.1, 0.15) is 6.54 Å². The number of para-hydroxylation sites is 1. The van der Waals surface area contributed by atoms with Crippen molar-refractivity contribution in [3.8, 4) is 11.1 Å². The summed E-state index contributed by atoms with van der Waals surface area (Å²) in [6.07, 6.45) is 1.78. The summed E-state index contributed by atoms with van der Waals surface area (Å²) < 4.78 is 40.6. The molecule has 0 spiro atoms. The van der Waals surface area contributed by atoms with Crippen LogP contribution in [0.15, 0.2) is 67.3 Å². The van der Waals surface area contributed by atoms with E-state index in [2.05, 4.69) is 20.5 Å². The molecular weight excluding hydrogens is 433 g/mol. The highest BCUT2D eigenvalue weighted by molar-refractivity contribution is 6.11. The first-order valence-corrected chi connectivity index (χ1v) is 9.99. The highest BCUT2D eigenvalue weighted by atomic mass is 19.4. The van der Waals surface area contributed by atoms with Gasteiger partial charge in [0.2, 0.25) is 0 Å². The van der Waals surface area contributed by atoms with Crippen LogP contribution in [0.4, 0.5) is 18.9 Å². The molecule has 166 valence electrons. The van der Waals surface area contributed by atoms with Crippen molar-refractivity contribution in [3.05, 3.63) is 72.8 Å². The molecule has 33 heavy (non-hydrogen) atoms. The number of aromatic nitrogens is 5. The average molecular weight is 450 g/mol. The fraction of sp³-hybridized carbons (Fsp3) is 0.130. The number of amides is 1. The first-order chi connectivity index (χ1) is 15.8. The quantitative estimate of drug-likeness (QED) is 0.427. The number of nitrogens with one attached hydrogen (secondary N) is 1. The van der Waals surface area contributed by atoms with Gasteiger partial charge in [-0.3, -0.25) is 19.1 Å². The summed E-state index contributed by atoms with van der Waals surface area (Å²) >= 11 is 0. The first kappa shape index (κ1) is 20.7. The summed E-state index contributed by atoms with van der Waals surface area (Å²) in [4.78, 5) is 17.3. The maximum absolute atomic E-state index is 12.9. The van der Waals surface area contributed by atoms with E-state index >= 15 is 0 Å². The average Bonchev–Trinajstić information content (AvgIpc) is 3.37. The number of hydrogen-bond donors (Lipinski definition) is 1. The topological polar surface area (TPSA) is 77.6 Å². The van der Waals surface area contributed by atoms with Crippen molar-refractivity contribution in [2.45, 2.75) is 12.7 Å². The maximum atomic E-state index is 12.9. The molecule has 0 bridgehead atoms. The largest absolute Gasteiger partial charge is 0.408 e. The molecule has 0 unspecified atom stereocenters. The molecule has 3 aromatic heterocycles. The Morgan fingerprint density at radius 2 is 1.97 bits per heavy atom. The molecule has 0 saturated carbocycles. The highest BCUT2D eigenvalue weighted by Crippen LogP contribution is 2.31. The lowest BCUT2D eigenvalue weighted by molar-refractivity contribution is -0.142. The number of nitrogens with zero attached hydrogens (tertiary/aromatic N) is 5. The summed E-state index contributed by atoms with van der Waals surface area (Å²) in [7, 11) is 1.81. The van der Waals surface area contributed by atoms with Crippen LogP contribution in [0.3, 0.4) is 0 Å². The Kier molecular flexibility index (Phi) is 4.85. The van der Waals surface area contributed by atoms with Crippen molar-refractivity contribution in [1.29, 1.82) is 0 Å². The van der Waals surface area contributed by atoms with E-state index in [9.17, 15) is 18.0 Å². The summed E-state index contributed by atoms with van der Waals surface area (Å²) in [6.45, 7) is -1.17. The van der Waals surface area contributed by atoms with Gasteiger partial charge < -0.3 is 5.32 Å². The molecule has 0 aliphatic heterocycles. The molecule has 0 fully saturated rings. The smallest absolute Gasteiger partial charge is 0.320 e. The van der Waals surface area contributed by atoms with Gasteiger partial charge in [-0.1, -0.05) is 18.2 Å². The minimum Gasteiger partial charge on any atom is -0.320 e. The van der Waals surface area contributed by atoms with E-state index in [4.69, 9.17) is 0 Å². The Morgan fingerprint density at radius 3 is 2.79 bits per heavy atom. The fourth-order valence-corrected chi connectivity index (χ4v) is 3.78. The van der Waals surface area contributed by atoms with Crippen molar-refractivity contribution < 1.29 is 18.0 Å². The Hall–Kier alpha value is -4.21. The van der Waals surface area contributed by atoms with Crippen molar-refractivity contribution in [3.63, 3.8) is 0 Å². The lowest BCUT2D eigenvalue weighted by atomic mass is 10.0. The number of aryl methyl sites for hydroxylation is 1. The van der Waals surface area contributed by atoms with Gasteiger partial charge >= 0.3 is 6.18 Å². The molecule has 0 aliphatic carbocycles. The predicted molar refractivity (Wildman–Crippen MR) is 118 cm³/mol. The third-order valence-electron chi connectivity index (χ3n) is 5.19. The lowest BCUT2D eigenvalue weighted by Crippen LogP contribution is -2.17. The monoisotopic (exact) mass is 450 g/mol. The predicted octanol–water partition coefficient (Wildman–Crippen LogP) is 4.80. The minimum absolute atomic E-state index is 0.319. The molecule has 10 heteroatoms. The third kappa shape index (κ3) is 4.14. The van der Waals surface area contributed by atoms with E-state index in [1.807, 2.05) is 19.3 Å². The highest BCUT2D eigenvalue weighted by Gasteiger charge is 2.28. The molecular formula is C23H17F3N6O. The zero-order chi connectivity index (χ0) is 23.2. The van der Waals surface area contributed by atoms with Crippen LogP contribution in [0.2, 0.25) is 0 Å². The summed E-state index contributed by atoms with van der Waals surface area (Å²) in [5.74, 6) is -0.319. The Bertz CT molecular complexity index is 1500. The Balaban J connectivity index is 1.48. The number of alkyl halides is 3. The normalized spacial score (nSPS) is 11.9. The zero-order valence-corrected chi connectivity index (χ0v) is 17.3. The summed E-state index contributed by atoms with van der Waals surface area (Å²) in [5.41, 5.74) is 3.35. The SMILES string of the molecule is Cn1cc2ccc(C(=O)Nc3cccc4c(-c5cnn(CC(F)(F)F)c5)ccnc34)cc2n1. The zero-order valence-electron chi connectivity index (χ0n) is 17.3. The van der Waals surface area contributed by atoms with Crippen LogP contribution in [0.1, 0.15) is 10.4 Å². The summed E-state index contributed by atoms with van der Waals surface area (Å²) in [6, 6.07) is 12.2. The van der Waals surface area contributed by atoms with Gasteiger partial charge in [-0.15, -0.1) is 0 Å². The number of carbonyl (C=O) groups excluding carboxylic acids is 1. The van der Waals surface area contributed by atoms with Crippen LogP contribution in [0.5, 0.6) is 0 Å². The van der Waals surface area contributed by atoms with E-state index < -0.39 is 12.7 Å². The summed E-state index contributed by atoms with van der Waals surface area (Å²) in [5, 5.41) is 12.6. The fourth-order valence-electron chi connectivity index (χ4n) is 3.78. The van der Waals surface area contributed by atoms with Crippen molar-refractivity contribution in [2.24, 2.45) is 7.05 Å². The number of hydrogen-bond acceptors (Lipinski definition) is 4. The molecule has 1 N–H and O–H groups in total. The number of pyridine rings is 1. The molecule has 2 aromatic carbocycles. The van der Waals surface area contributed by atoms with Gasteiger partial charge in [-0.05, 0) is 29.8 Å². The van der Waals surface area contributed by atoms with Gasteiger partial charge in [0, 0.05) is 47.5 Å². The van der Waals surface area contributed by atoms with Gasteiger partial charge in [-0.25, -0.2) is 0 Å². The Labute approximate surface area is 185 Å². The van der Waals surface area contributed by atoms with E-state index in [0.29, 0.717) is 38.8 Å². The van der Waals surface area contributed by atoms with Crippen molar-refractivity contribution in [1.82, 2.24) is 24.5 Å². The second-order valence-electron chi connectivity index (χ2n) is 7.63. The second-order valence-corrected chi connectivity index (χ2v) is 7.63. The number of rotatable bonds is 4. The van der Waals surface area contributed by atoms with Crippen LogP contribution in [-0.4, -0.2) is 36.6 Å². The third-order valence-corrected chi connectivity index (χ3v) is 5.19.